The number of hydrogen-bond donors (Lipinski definition) is 0. The number of piperazine rings is 1. The summed E-state index contributed by atoms with van der Waals surface area (Å²) in [6.07, 6.45) is 2.29. The van der Waals surface area contributed by atoms with Crippen LogP contribution in [0.15, 0.2) is 48.5 Å². The van der Waals surface area contributed by atoms with Gasteiger partial charge in [0.05, 0.1) is 5.60 Å². The number of rotatable bonds is 7. The van der Waals surface area contributed by atoms with Crippen molar-refractivity contribution in [2.45, 2.75) is 64.6 Å². The Balaban J connectivity index is 1.56. The third-order valence-electron chi connectivity index (χ3n) is 7.31. The molecule has 0 saturated carbocycles. The second kappa shape index (κ2) is 10.5. The average Bonchev–Trinajstić information content (AvgIpc) is 2.82. The van der Waals surface area contributed by atoms with E-state index in [9.17, 15) is 4.79 Å². The maximum Gasteiger partial charge on any atom is 0.227 e. The summed E-state index contributed by atoms with van der Waals surface area (Å²) in [5.74, 6) is 0.891. The number of hydrogen-bond acceptors (Lipinski definition) is 5. The Labute approximate surface area is 204 Å². The van der Waals surface area contributed by atoms with Crippen molar-refractivity contribution in [2.24, 2.45) is 0 Å². The number of aryl methyl sites for hydroxylation is 1. The summed E-state index contributed by atoms with van der Waals surface area (Å²) in [5.41, 5.74) is 1.95. The summed E-state index contributed by atoms with van der Waals surface area (Å²) in [5, 5.41) is 0. The maximum atomic E-state index is 13.2. The zero-order chi connectivity index (χ0) is 24.2. The molecule has 0 N–H and O–H groups in total. The van der Waals surface area contributed by atoms with Crippen LogP contribution in [0.4, 0.5) is 5.82 Å². The topological polar surface area (TPSA) is 48.9 Å². The van der Waals surface area contributed by atoms with E-state index in [-0.39, 0.29) is 17.0 Å². The molecule has 2 aliphatic rings. The largest absolute Gasteiger partial charge is 0.375 e. The van der Waals surface area contributed by atoms with Gasteiger partial charge in [0.1, 0.15) is 5.82 Å². The molecule has 1 aromatic carbocycles. The first kappa shape index (κ1) is 24.8. The number of benzene rings is 1. The van der Waals surface area contributed by atoms with E-state index < -0.39 is 0 Å². The number of nitrogens with zero attached hydrogens (tertiary/aromatic N) is 4. The third-order valence-corrected chi connectivity index (χ3v) is 7.31. The Morgan fingerprint density at radius 2 is 1.79 bits per heavy atom. The van der Waals surface area contributed by atoms with Gasteiger partial charge < -0.3 is 4.74 Å². The van der Waals surface area contributed by atoms with Gasteiger partial charge in [-0.05, 0) is 51.3 Å². The van der Waals surface area contributed by atoms with Gasteiger partial charge in [0.25, 0.3) is 0 Å². The third kappa shape index (κ3) is 5.85. The minimum Gasteiger partial charge on any atom is -0.375 e. The van der Waals surface area contributed by atoms with Crippen molar-refractivity contribution in [3.8, 4) is 0 Å². The molecule has 0 bridgehead atoms. The van der Waals surface area contributed by atoms with E-state index in [1.165, 1.54) is 5.56 Å². The molecule has 184 valence electrons. The van der Waals surface area contributed by atoms with Crippen molar-refractivity contribution in [1.82, 2.24) is 14.8 Å². The summed E-state index contributed by atoms with van der Waals surface area (Å²) in [4.78, 5) is 25.0. The highest BCUT2D eigenvalue weighted by atomic mass is 16.5. The number of anilines is 1. The molecule has 6 heteroatoms. The predicted octanol–water partition coefficient (Wildman–Crippen LogP) is 4.28. The van der Waals surface area contributed by atoms with Crippen LogP contribution in [0.3, 0.4) is 0 Å². The second-order valence-corrected chi connectivity index (χ2v) is 10.5. The van der Waals surface area contributed by atoms with Crippen LogP contribution >= 0.6 is 0 Å². The Bertz CT molecular complexity index is 956. The average molecular weight is 465 g/mol. The monoisotopic (exact) mass is 464 g/mol. The quantitative estimate of drug-likeness (QED) is 0.612. The number of aromatic nitrogens is 1. The SMILES string of the molecule is CCC(=O)N(CC1(N2CCN(Cc3ccccc3)CC2)CCOC(C)(C)C1)c1cccc(C)n1. The summed E-state index contributed by atoms with van der Waals surface area (Å²) in [6, 6.07) is 16.7. The highest BCUT2D eigenvalue weighted by molar-refractivity contribution is 5.92. The molecular weight excluding hydrogens is 424 g/mol. The lowest BCUT2D eigenvalue weighted by Gasteiger charge is -2.54. The van der Waals surface area contributed by atoms with Crippen LogP contribution in [0.25, 0.3) is 0 Å². The van der Waals surface area contributed by atoms with Crippen LogP contribution in [-0.2, 0) is 16.1 Å². The van der Waals surface area contributed by atoms with Gasteiger partial charge in [-0.25, -0.2) is 4.98 Å². The first-order chi connectivity index (χ1) is 16.3. The van der Waals surface area contributed by atoms with Gasteiger partial charge in [0.15, 0.2) is 0 Å². The Hall–Kier alpha value is -2.28. The van der Waals surface area contributed by atoms with Crippen LogP contribution in [0.2, 0.25) is 0 Å². The van der Waals surface area contributed by atoms with Crippen LogP contribution < -0.4 is 4.90 Å². The van der Waals surface area contributed by atoms with E-state index in [1.54, 1.807) is 0 Å². The summed E-state index contributed by atoms with van der Waals surface area (Å²) in [7, 11) is 0. The Kier molecular flexibility index (Phi) is 7.70. The van der Waals surface area contributed by atoms with Gasteiger partial charge in [-0.1, -0.05) is 43.3 Å². The molecule has 3 heterocycles. The molecule has 1 aromatic heterocycles. The first-order valence-electron chi connectivity index (χ1n) is 12.7. The van der Waals surface area contributed by atoms with Crippen LogP contribution in [0.5, 0.6) is 0 Å². The number of ether oxygens (including phenoxy) is 1. The molecule has 0 radical (unpaired) electrons. The van der Waals surface area contributed by atoms with Crippen LogP contribution in [-0.4, -0.2) is 71.2 Å². The van der Waals surface area contributed by atoms with Crippen molar-refractivity contribution in [1.29, 1.82) is 0 Å². The van der Waals surface area contributed by atoms with Crippen molar-refractivity contribution in [3.63, 3.8) is 0 Å². The molecule has 2 aromatic rings. The second-order valence-electron chi connectivity index (χ2n) is 10.5. The molecule has 34 heavy (non-hydrogen) atoms. The highest BCUT2D eigenvalue weighted by Gasteiger charge is 2.47. The highest BCUT2D eigenvalue weighted by Crippen LogP contribution is 2.38. The Morgan fingerprint density at radius 1 is 1.06 bits per heavy atom. The molecule has 1 amide bonds. The fraction of sp³-hybridized carbons (Fsp3) is 0.571. The molecule has 6 nitrogen and oxygen atoms in total. The lowest BCUT2D eigenvalue weighted by molar-refractivity contribution is -0.130. The fourth-order valence-corrected chi connectivity index (χ4v) is 5.64. The van der Waals surface area contributed by atoms with Crippen LogP contribution in [0, 0.1) is 6.92 Å². The molecule has 2 aliphatic heterocycles. The Morgan fingerprint density at radius 3 is 2.44 bits per heavy atom. The summed E-state index contributed by atoms with van der Waals surface area (Å²) >= 11 is 0. The fourth-order valence-electron chi connectivity index (χ4n) is 5.64. The normalized spacial score (nSPS) is 23.5. The molecule has 1 unspecified atom stereocenters. The molecule has 0 spiro atoms. The number of pyridine rings is 1. The predicted molar refractivity (Wildman–Crippen MR) is 137 cm³/mol. The van der Waals surface area contributed by atoms with Gasteiger partial charge in [-0.15, -0.1) is 0 Å². The van der Waals surface area contributed by atoms with Crippen molar-refractivity contribution in [2.75, 3.05) is 44.2 Å². The van der Waals surface area contributed by atoms with Crippen molar-refractivity contribution in [3.05, 3.63) is 59.8 Å². The number of carbonyl (C=O) groups excluding carboxylic acids is 1. The van der Waals surface area contributed by atoms with Crippen LogP contribution in [0.1, 0.15) is 51.3 Å². The van der Waals surface area contributed by atoms with E-state index in [0.717, 1.165) is 57.1 Å². The molecule has 1 atom stereocenters. The van der Waals surface area contributed by atoms with E-state index in [2.05, 4.69) is 54.0 Å². The summed E-state index contributed by atoms with van der Waals surface area (Å²) < 4.78 is 6.15. The lowest BCUT2D eigenvalue weighted by Crippen LogP contribution is -2.65. The lowest BCUT2D eigenvalue weighted by atomic mass is 9.78. The van der Waals surface area contributed by atoms with Crippen molar-refractivity contribution >= 4 is 11.7 Å². The number of carbonyl (C=O) groups is 1. The van der Waals surface area contributed by atoms with Gasteiger partial charge in [-0.3, -0.25) is 19.5 Å². The zero-order valence-corrected chi connectivity index (χ0v) is 21.3. The van der Waals surface area contributed by atoms with E-state index in [1.807, 2.05) is 36.9 Å². The minimum absolute atomic E-state index is 0.128. The van der Waals surface area contributed by atoms with E-state index >= 15 is 0 Å². The molecule has 0 aliphatic carbocycles. The molecule has 2 saturated heterocycles. The summed E-state index contributed by atoms with van der Waals surface area (Å²) in [6.45, 7) is 14.7. The minimum atomic E-state index is -0.222. The number of amides is 1. The van der Waals surface area contributed by atoms with Crippen molar-refractivity contribution < 1.29 is 9.53 Å². The maximum absolute atomic E-state index is 13.2. The zero-order valence-electron chi connectivity index (χ0n) is 21.3. The first-order valence-corrected chi connectivity index (χ1v) is 12.7. The standard InChI is InChI=1S/C28H40N4O2/c1-5-26(33)32(25-13-9-10-23(2)29-25)22-28(14-19-34-27(3,4)21-28)31-17-15-30(16-18-31)20-24-11-7-6-8-12-24/h6-13H,5,14-22H2,1-4H3. The van der Waals surface area contributed by atoms with Gasteiger partial charge >= 0.3 is 0 Å². The van der Waals surface area contributed by atoms with Gasteiger partial charge in [-0.2, -0.15) is 0 Å². The molecule has 2 fully saturated rings. The molecule has 4 rings (SSSR count). The van der Waals surface area contributed by atoms with Gasteiger partial charge in [0, 0.05) is 63.5 Å². The smallest absolute Gasteiger partial charge is 0.227 e. The van der Waals surface area contributed by atoms with Gasteiger partial charge in [0.2, 0.25) is 5.91 Å². The van der Waals surface area contributed by atoms with E-state index in [0.29, 0.717) is 19.6 Å². The molecular formula is C28H40N4O2. The van der Waals surface area contributed by atoms with E-state index in [4.69, 9.17) is 9.72 Å².